The normalized spacial score (nSPS) is 18.6. The molecular weight excluding hydrogens is 264 g/mol. The fraction of sp³-hybridized carbons (Fsp3) is 0.538. The fourth-order valence-corrected chi connectivity index (χ4v) is 1.85. The van der Waals surface area contributed by atoms with Crippen molar-refractivity contribution in [3.05, 3.63) is 23.7 Å². The summed E-state index contributed by atoms with van der Waals surface area (Å²) in [5.74, 6) is -0.288. The van der Waals surface area contributed by atoms with Gasteiger partial charge in [0, 0.05) is 13.0 Å². The summed E-state index contributed by atoms with van der Waals surface area (Å²) in [7, 11) is 0. The summed E-state index contributed by atoms with van der Waals surface area (Å²) in [6, 6.07) is 1.55. The van der Waals surface area contributed by atoms with E-state index < -0.39 is 12.2 Å². The number of furan rings is 1. The molecule has 1 aliphatic heterocycles. The van der Waals surface area contributed by atoms with Gasteiger partial charge < -0.3 is 14.5 Å². The standard InChI is InChI=1S/C13H18N2O5/c1-9-10(5-7-18-9)13(17)14-8-11(16)15-20-12-4-2-3-6-19-12/h5,7,12H,2-4,6,8H2,1H3,(H,14,17)(H,15,16). The number of hydrogen-bond acceptors (Lipinski definition) is 5. The van der Waals surface area contributed by atoms with Crippen LogP contribution in [0.4, 0.5) is 0 Å². The highest BCUT2D eigenvalue weighted by molar-refractivity contribution is 5.97. The Labute approximate surface area is 116 Å². The Bertz CT molecular complexity index is 465. The highest BCUT2D eigenvalue weighted by Crippen LogP contribution is 2.12. The Balaban J connectivity index is 1.67. The third-order valence-electron chi connectivity index (χ3n) is 2.96. The van der Waals surface area contributed by atoms with Crippen molar-refractivity contribution >= 4 is 11.8 Å². The number of rotatable bonds is 5. The van der Waals surface area contributed by atoms with E-state index in [-0.39, 0.29) is 12.5 Å². The third kappa shape index (κ3) is 4.07. The monoisotopic (exact) mass is 282 g/mol. The van der Waals surface area contributed by atoms with Crippen molar-refractivity contribution in [1.82, 2.24) is 10.8 Å². The molecule has 0 bridgehead atoms. The molecule has 0 aliphatic carbocycles. The number of carbonyl (C=O) groups excluding carboxylic acids is 2. The van der Waals surface area contributed by atoms with Gasteiger partial charge in [-0.1, -0.05) is 0 Å². The van der Waals surface area contributed by atoms with Crippen LogP contribution in [0.5, 0.6) is 0 Å². The van der Waals surface area contributed by atoms with Crippen LogP contribution in [-0.2, 0) is 14.4 Å². The molecule has 1 aliphatic rings. The molecular formula is C13H18N2O5. The smallest absolute Gasteiger partial charge is 0.263 e. The van der Waals surface area contributed by atoms with E-state index in [4.69, 9.17) is 14.0 Å². The molecule has 20 heavy (non-hydrogen) atoms. The average molecular weight is 282 g/mol. The Morgan fingerprint density at radius 3 is 2.95 bits per heavy atom. The van der Waals surface area contributed by atoms with Gasteiger partial charge in [0.15, 0.2) is 6.29 Å². The van der Waals surface area contributed by atoms with Crippen LogP contribution in [0, 0.1) is 6.92 Å². The number of amides is 2. The predicted octanol–water partition coefficient (Wildman–Crippen LogP) is 0.892. The first-order valence-electron chi connectivity index (χ1n) is 6.55. The Morgan fingerprint density at radius 2 is 2.30 bits per heavy atom. The molecule has 1 atom stereocenters. The lowest BCUT2D eigenvalue weighted by Crippen LogP contribution is -2.39. The van der Waals surface area contributed by atoms with Crippen molar-refractivity contribution in [2.24, 2.45) is 0 Å². The molecule has 0 aromatic carbocycles. The molecule has 1 fully saturated rings. The van der Waals surface area contributed by atoms with Crippen molar-refractivity contribution in [3.63, 3.8) is 0 Å². The molecule has 2 N–H and O–H groups in total. The molecule has 2 rings (SSSR count). The molecule has 0 saturated carbocycles. The molecule has 0 spiro atoms. The van der Waals surface area contributed by atoms with E-state index in [0.717, 1.165) is 19.3 Å². The first-order chi connectivity index (χ1) is 9.66. The van der Waals surface area contributed by atoms with E-state index in [0.29, 0.717) is 17.9 Å². The second-order valence-electron chi connectivity index (χ2n) is 4.51. The van der Waals surface area contributed by atoms with E-state index >= 15 is 0 Å². The largest absolute Gasteiger partial charge is 0.469 e. The van der Waals surface area contributed by atoms with Crippen molar-refractivity contribution in [2.75, 3.05) is 13.2 Å². The highest BCUT2D eigenvalue weighted by Gasteiger charge is 2.16. The van der Waals surface area contributed by atoms with Gasteiger partial charge in [-0.2, -0.15) is 0 Å². The number of hydrogen-bond donors (Lipinski definition) is 2. The van der Waals surface area contributed by atoms with E-state index in [1.54, 1.807) is 13.0 Å². The lowest BCUT2D eigenvalue weighted by atomic mass is 10.2. The van der Waals surface area contributed by atoms with Crippen molar-refractivity contribution < 1.29 is 23.6 Å². The molecule has 2 amide bonds. The summed E-state index contributed by atoms with van der Waals surface area (Å²) in [5, 5.41) is 2.48. The predicted molar refractivity (Wildman–Crippen MR) is 68.6 cm³/mol. The van der Waals surface area contributed by atoms with Crippen LogP contribution in [0.25, 0.3) is 0 Å². The topological polar surface area (TPSA) is 89.8 Å². The van der Waals surface area contributed by atoms with Crippen molar-refractivity contribution in [2.45, 2.75) is 32.5 Å². The molecule has 110 valence electrons. The van der Waals surface area contributed by atoms with E-state index in [1.165, 1.54) is 6.26 Å². The van der Waals surface area contributed by atoms with Crippen LogP contribution in [-0.4, -0.2) is 31.3 Å². The second-order valence-corrected chi connectivity index (χ2v) is 4.51. The zero-order valence-electron chi connectivity index (χ0n) is 11.3. The lowest BCUT2D eigenvalue weighted by Gasteiger charge is -2.22. The maximum Gasteiger partial charge on any atom is 0.263 e. The van der Waals surface area contributed by atoms with Gasteiger partial charge in [-0.3, -0.25) is 9.59 Å². The molecule has 1 aromatic heterocycles. The molecule has 7 heteroatoms. The maximum atomic E-state index is 11.7. The van der Waals surface area contributed by atoms with Gasteiger partial charge in [0.25, 0.3) is 11.8 Å². The van der Waals surface area contributed by atoms with Crippen LogP contribution in [0.3, 0.4) is 0 Å². The lowest BCUT2D eigenvalue weighted by molar-refractivity contribution is -0.200. The zero-order valence-corrected chi connectivity index (χ0v) is 11.3. The van der Waals surface area contributed by atoms with E-state index in [1.807, 2.05) is 0 Å². The summed E-state index contributed by atoms with van der Waals surface area (Å²) in [5.41, 5.74) is 2.68. The number of nitrogens with one attached hydrogen (secondary N) is 2. The van der Waals surface area contributed by atoms with Crippen LogP contribution >= 0.6 is 0 Å². The van der Waals surface area contributed by atoms with Gasteiger partial charge in [-0.15, -0.1) is 0 Å². The van der Waals surface area contributed by atoms with Crippen molar-refractivity contribution in [1.29, 1.82) is 0 Å². The summed E-state index contributed by atoms with van der Waals surface area (Å²) >= 11 is 0. The van der Waals surface area contributed by atoms with Crippen molar-refractivity contribution in [3.8, 4) is 0 Å². The first-order valence-corrected chi connectivity index (χ1v) is 6.55. The van der Waals surface area contributed by atoms with Gasteiger partial charge in [0.1, 0.15) is 5.76 Å². The zero-order chi connectivity index (χ0) is 14.4. The second kappa shape index (κ2) is 7.06. The Kier molecular flexibility index (Phi) is 5.14. The minimum absolute atomic E-state index is 0.170. The third-order valence-corrected chi connectivity index (χ3v) is 2.96. The molecule has 2 heterocycles. The van der Waals surface area contributed by atoms with Crippen LogP contribution in [0.2, 0.25) is 0 Å². The minimum Gasteiger partial charge on any atom is -0.469 e. The fourth-order valence-electron chi connectivity index (χ4n) is 1.85. The minimum atomic E-state index is -0.436. The summed E-state index contributed by atoms with van der Waals surface area (Å²) in [6.07, 6.45) is 3.79. The van der Waals surface area contributed by atoms with E-state index in [2.05, 4.69) is 10.8 Å². The number of aryl methyl sites for hydroxylation is 1. The van der Waals surface area contributed by atoms with Gasteiger partial charge in [0.2, 0.25) is 0 Å². The summed E-state index contributed by atoms with van der Waals surface area (Å²) < 4.78 is 10.3. The summed E-state index contributed by atoms with van der Waals surface area (Å²) in [6.45, 7) is 2.14. The van der Waals surface area contributed by atoms with E-state index in [9.17, 15) is 9.59 Å². The highest BCUT2D eigenvalue weighted by atomic mass is 16.8. The molecule has 7 nitrogen and oxygen atoms in total. The van der Waals surface area contributed by atoms with Gasteiger partial charge in [-0.25, -0.2) is 10.3 Å². The van der Waals surface area contributed by atoms with Crippen LogP contribution in [0.1, 0.15) is 35.4 Å². The van der Waals surface area contributed by atoms with Crippen LogP contribution < -0.4 is 10.8 Å². The Morgan fingerprint density at radius 1 is 1.45 bits per heavy atom. The number of hydroxylamine groups is 1. The van der Waals surface area contributed by atoms with Gasteiger partial charge in [0.05, 0.1) is 18.4 Å². The molecule has 1 aromatic rings. The number of carbonyl (C=O) groups is 2. The van der Waals surface area contributed by atoms with Gasteiger partial charge in [-0.05, 0) is 25.8 Å². The maximum absolute atomic E-state index is 11.7. The first kappa shape index (κ1) is 14.5. The quantitative estimate of drug-likeness (QED) is 0.783. The summed E-state index contributed by atoms with van der Waals surface area (Å²) in [4.78, 5) is 28.3. The van der Waals surface area contributed by atoms with Crippen LogP contribution in [0.15, 0.2) is 16.7 Å². The molecule has 1 saturated heterocycles. The number of ether oxygens (including phenoxy) is 1. The molecule has 1 unspecified atom stereocenters. The average Bonchev–Trinajstić information content (AvgIpc) is 2.90. The van der Waals surface area contributed by atoms with Gasteiger partial charge >= 0.3 is 0 Å². The Hall–Kier alpha value is -1.86. The SMILES string of the molecule is Cc1occc1C(=O)NCC(=O)NOC1CCCCO1. The molecule has 0 radical (unpaired) electrons.